The van der Waals surface area contributed by atoms with E-state index in [1.807, 2.05) is 0 Å². The van der Waals surface area contributed by atoms with Crippen LogP contribution in [0.4, 0.5) is 4.39 Å². The second kappa shape index (κ2) is 3.73. The van der Waals surface area contributed by atoms with Crippen LogP contribution in [0.2, 0.25) is 5.02 Å². The minimum absolute atomic E-state index is 0.00604. The van der Waals surface area contributed by atoms with Crippen molar-refractivity contribution in [2.75, 3.05) is 6.61 Å². The van der Waals surface area contributed by atoms with Crippen LogP contribution >= 0.6 is 11.6 Å². The number of hydrogen-bond donors (Lipinski definition) is 3. The van der Waals surface area contributed by atoms with E-state index in [0.29, 0.717) is 0 Å². The highest BCUT2D eigenvalue weighted by Crippen LogP contribution is 2.35. The quantitative estimate of drug-likeness (QED) is 0.704. The van der Waals surface area contributed by atoms with Gasteiger partial charge >= 0.3 is 0 Å². The molecule has 4 N–H and O–H groups in total. The molecule has 0 saturated heterocycles. The highest BCUT2D eigenvalue weighted by atomic mass is 35.5. The molecule has 0 fully saturated rings. The van der Waals surface area contributed by atoms with Crippen molar-refractivity contribution in [3.63, 3.8) is 0 Å². The van der Waals surface area contributed by atoms with Crippen LogP contribution in [0.3, 0.4) is 0 Å². The van der Waals surface area contributed by atoms with Crippen molar-refractivity contribution in [3.05, 3.63) is 28.5 Å². The third-order valence-electron chi connectivity index (χ3n) is 1.98. The average molecular weight is 220 g/mol. The molecule has 0 spiro atoms. The number of aliphatic hydroxyl groups excluding tert-OH is 1. The monoisotopic (exact) mass is 219 g/mol. The van der Waals surface area contributed by atoms with Crippen LogP contribution in [0.5, 0.6) is 5.75 Å². The fourth-order valence-electron chi connectivity index (χ4n) is 1.16. The Labute approximate surface area is 85.9 Å². The highest BCUT2D eigenvalue weighted by Gasteiger charge is 2.28. The molecule has 1 aromatic carbocycles. The van der Waals surface area contributed by atoms with E-state index in [2.05, 4.69) is 0 Å². The topological polar surface area (TPSA) is 66.5 Å². The molecule has 1 atom stereocenters. The van der Waals surface area contributed by atoms with Gasteiger partial charge in [-0.15, -0.1) is 0 Å². The van der Waals surface area contributed by atoms with Crippen LogP contribution in [-0.2, 0) is 5.54 Å². The second-order valence-corrected chi connectivity index (χ2v) is 3.74. The Morgan fingerprint density at radius 1 is 1.57 bits per heavy atom. The number of phenols is 1. The van der Waals surface area contributed by atoms with Crippen LogP contribution in [0.1, 0.15) is 12.5 Å². The SMILES string of the molecule is C[C@@](N)(CO)c1c(F)ccc(Cl)c1O. The molecule has 0 aliphatic heterocycles. The summed E-state index contributed by atoms with van der Waals surface area (Å²) in [6.45, 7) is 0.916. The second-order valence-electron chi connectivity index (χ2n) is 3.33. The van der Waals surface area contributed by atoms with Crippen molar-refractivity contribution in [3.8, 4) is 5.75 Å². The normalized spacial score (nSPS) is 15.2. The maximum Gasteiger partial charge on any atom is 0.142 e. The molecule has 0 radical (unpaired) electrons. The molecule has 1 rings (SSSR count). The van der Waals surface area contributed by atoms with Crippen LogP contribution in [-0.4, -0.2) is 16.8 Å². The number of aliphatic hydroxyl groups is 1. The van der Waals surface area contributed by atoms with Crippen LogP contribution in [0.15, 0.2) is 12.1 Å². The van der Waals surface area contributed by atoms with E-state index in [4.69, 9.17) is 22.4 Å². The first-order valence-electron chi connectivity index (χ1n) is 3.97. The Morgan fingerprint density at radius 3 is 2.64 bits per heavy atom. The molecule has 1 aromatic rings. The van der Waals surface area contributed by atoms with Gasteiger partial charge in [-0.2, -0.15) is 0 Å². The predicted octanol–water partition coefficient (Wildman–Crippen LogP) is 1.35. The summed E-state index contributed by atoms with van der Waals surface area (Å²) in [5.41, 5.74) is 4.08. The van der Waals surface area contributed by atoms with Gasteiger partial charge in [0.05, 0.1) is 22.7 Å². The van der Waals surface area contributed by atoms with Gasteiger partial charge in [0.1, 0.15) is 11.6 Å². The Kier molecular flexibility index (Phi) is 2.99. The summed E-state index contributed by atoms with van der Waals surface area (Å²) in [6, 6.07) is 2.32. The largest absolute Gasteiger partial charge is 0.506 e. The average Bonchev–Trinajstić information content (AvgIpc) is 2.12. The Bertz CT molecular complexity index is 355. The number of benzene rings is 1. The molecule has 78 valence electrons. The van der Waals surface area contributed by atoms with Gasteiger partial charge in [-0.1, -0.05) is 11.6 Å². The fraction of sp³-hybridized carbons (Fsp3) is 0.333. The number of phenolic OH excluding ortho intramolecular Hbond substituents is 1. The lowest BCUT2D eigenvalue weighted by Crippen LogP contribution is -2.38. The molecular formula is C9H11ClFNO2. The van der Waals surface area contributed by atoms with Crippen molar-refractivity contribution >= 4 is 11.6 Å². The first-order valence-corrected chi connectivity index (χ1v) is 4.35. The zero-order valence-corrected chi connectivity index (χ0v) is 8.35. The van der Waals surface area contributed by atoms with E-state index >= 15 is 0 Å². The standard InChI is InChI=1S/C9H11ClFNO2/c1-9(12,4-13)7-6(11)3-2-5(10)8(7)14/h2-3,13-14H,4,12H2,1H3/t9-/m1/s1. The molecule has 0 aliphatic rings. The molecule has 0 unspecified atom stereocenters. The van der Waals surface area contributed by atoms with E-state index in [1.165, 1.54) is 13.0 Å². The molecule has 5 heteroatoms. The maximum atomic E-state index is 13.3. The number of halogens is 2. The number of hydrogen-bond acceptors (Lipinski definition) is 3. The maximum absolute atomic E-state index is 13.3. The predicted molar refractivity (Wildman–Crippen MR) is 51.7 cm³/mol. The van der Waals surface area contributed by atoms with E-state index < -0.39 is 23.7 Å². The molecular weight excluding hydrogens is 209 g/mol. The summed E-state index contributed by atoms with van der Waals surface area (Å²) >= 11 is 5.59. The Morgan fingerprint density at radius 2 is 2.14 bits per heavy atom. The summed E-state index contributed by atoms with van der Waals surface area (Å²) < 4.78 is 13.3. The smallest absolute Gasteiger partial charge is 0.142 e. The van der Waals surface area contributed by atoms with Gasteiger partial charge in [-0.05, 0) is 19.1 Å². The minimum Gasteiger partial charge on any atom is -0.506 e. The van der Waals surface area contributed by atoms with Crippen molar-refractivity contribution in [1.29, 1.82) is 0 Å². The summed E-state index contributed by atoms with van der Waals surface area (Å²) in [7, 11) is 0. The molecule has 0 saturated carbocycles. The number of nitrogens with two attached hydrogens (primary N) is 1. The first-order chi connectivity index (χ1) is 6.40. The zero-order valence-electron chi connectivity index (χ0n) is 7.59. The summed E-state index contributed by atoms with van der Waals surface area (Å²) in [5, 5.41) is 18.4. The van der Waals surface area contributed by atoms with E-state index in [-0.39, 0.29) is 10.6 Å². The van der Waals surface area contributed by atoms with Gasteiger partial charge in [0.25, 0.3) is 0 Å². The van der Waals surface area contributed by atoms with Crippen LogP contribution in [0.25, 0.3) is 0 Å². The third-order valence-corrected chi connectivity index (χ3v) is 2.28. The Hall–Kier alpha value is -0.840. The molecule has 0 bridgehead atoms. The Balaban J connectivity index is 3.40. The number of aromatic hydroxyl groups is 1. The van der Waals surface area contributed by atoms with Crippen LogP contribution in [0, 0.1) is 5.82 Å². The van der Waals surface area contributed by atoms with Crippen molar-refractivity contribution in [2.45, 2.75) is 12.5 Å². The van der Waals surface area contributed by atoms with Gasteiger partial charge in [0, 0.05) is 0 Å². The van der Waals surface area contributed by atoms with Gasteiger partial charge in [-0.25, -0.2) is 4.39 Å². The molecule has 14 heavy (non-hydrogen) atoms. The molecule has 0 aliphatic carbocycles. The lowest BCUT2D eigenvalue weighted by molar-refractivity contribution is 0.203. The lowest BCUT2D eigenvalue weighted by Gasteiger charge is -2.24. The van der Waals surface area contributed by atoms with E-state index in [0.717, 1.165) is 6.07 Å². The fourth-order valence-corrected chi connectivity index (χ4v) is 1.32. The molecule has 3 nitrogen and oxygen atoms in total. The third kappa shape index (κ3) is 1.82. The van der Waals surface area contributed by atoms with Gasteiger partial charge in [0.15, 0.2) is 0 Å². The summed E-state index contributed by atoms with van der Waals surface area (Å²) in [5.74, 6) is -1.11. The van der Waals surface area contributed by atoms with Crippen molar-refractivity contribution < 1.29 is 14.6 Å². The highest BCUT2D eigenvalue weighted by molar-refractivity contribution is 6.32. The molecule has 0 amide bonds. The van der Waals surface area contributed by atoms with Crippen molar-refractivity contribution in [1.82, 2.24) is 0 Å². The van der Waals surface area contributed by atoms with E-state index in [9.17, 15) is 9.50 Å². The summed E-state index contributed by atoms with van der Waals surface area (Å²) in [6.07, 6.45) is 0. The van der Waals surface area contributed by atoms with Gasteiger partial charge in [0.2, 0.25) is 0 Å². The minimum atomic E-state index is -1.35. The molecule has 0 heterocycles. The first kappa shape index (κ1) is 11.2. The van der Waals surface area contributed by atoms with Gasteiger partial charge < -0.3 is 15.9 Å². The van der Waals surface area contributed by atoms with E-state index in [1.54, 1.807) is 0 Å². The molecule has 0 aromatic heterocycles. The van der Waals surface area contributed by atoms with Crippen LogP contribution < -0.4 is 5.73 Å². The zero-order chi connectivity index (χ0) is 10.9. The van der Waals surface area contributed by atoms with Gasteiger partial charge in [-0.3, -0.25) is 0 Å². The van der Waals surface area contributed by atoms with Crippen molar-refractivity contribution in [2.24, 2.45) is 5.73 Å². The number of rotatable bonds is 2. The lowest BCUT2D eigenvalue weighted by atomic mass is 9.93. The summed E-state index contributed by atoms with van der Waals surface area (Å²) in [4.78, 5) is 0.